The van der Waals surface area contributed by atoms with Crippen molar-refractivity contribution in [2.75, 3.05) is 27.2 Å². The monoisotopic (exact) mass is 335 g/mol. The van der Waals surface area contributed by atoms with Crippen molar-refractivity contribution in [1.82, 2.24) is 4.90 Å². The fraction of sp³-hybridized carbons (Fsp3) is 0.556. The number of likely N-dealkylation sites (N-methyl/N-ethyl adjacent to an activating group) is 1. The van der Waals surface area contributed by atoms with Gasteiger partial charge >= 0.3 is 0 Å². The molecule has 23 heavy (non-hydrogen) atoms. The van der Waals surface area contributed by atoms with E-state index in [1.54, 1.807) is 0 Å². The summed E-state index contributed by atoms with van der Waals surface area (Å²) in [7, 11) is 1.10. The molecule has 0 spiro atoms. The van der Waals surface area contributed by atoms with Crippen LogP contribution in [0.3, 0.4) is 0 Å². The predicted molar refractivity (Wildman–Crippen MR) is 93.4 cm³/mol. The molecule has 2 atom stereocenters. The van der Waals surface area contributed by atoms with Gasteiger partial charge in [0.2, 0.25) is 0 Å². The first kappa shape index (κ1) is 16.5. The molecular formula is C18H25NO3S. The molecule has 2 unspecified atom stereocenters. The van der Waals surface area contributed by atoms with Gasteiger partial charge in [0.1, 0.15) is 12.4 Å². The van der Waals surface area contributed by atoms with Crippen LogP contribution in [0.2, 0.25) is 0 Å². The highest BCUT2D eigenvalue weighted by atomic mass is 32.2. The molecule has 0 amide bonds. The van der Waals surface area contributed by atoms with E-state index < -0.39 is 9.84 Å². The normalized spacial score (nSPS) is 26.0. The third-order valence-electron chi connectivity index (χ3n) is 4.77. The van der Waals surface area contributed by atoms with Crippen LogP contribution in [-0.4, -0.2) is 51.1 Å². The van der Waals surface area contributed by atoms with Crippen LogP contribution in [0.25, 0.3) is 5.57 Å². The van der Waals surface area contributed by atoms with Crippen LogP contribution in [0, 0.1) is 0 Å². The van der Waals surface area contributed by atoms with E-state index >= 15 is 0 Å². The Labute approximate surface area is 139 Å². The Bertz CT molecular complexity index is 677. The molecule has 1 saturated heterocycles. The molecule has 2 aliphatic heterocycles. The number of sulfone groups is 1. The molecule has 1 aromatic rings. The van der Waals surface area contributed by atoms with Gasteiger partial charge in [0, 0.05) is 6.54 Å². The highest BCUT2D eigenvalue weighted by Crippen LogP contribution is 2.39. The lowest BCUT2D eigenvalue weighted by atomic mass is 9.93. The van der Waals surface area contributed by atoms with E-state index in [-0.39, 0.29) is 10.5 Å². The summed E-state index contributed by atoms with van der Waals surface area (Å²) in [6.07, 6.45) is 5.24. The number of allylic oxidation sites excluding steroid dienone is 1. The minimum atomic E-state index is -2.94. The number of hydrogen-bond donors (Lipinski definition) is 0. The lowest BCUT2D eigenvalue weighted by molar-refractivity contribution is 0.261. The van der Waals surface area contributed by atoms with Crippen LogP contribution in [0.15, 0.2) is 30.3 Å². The van der Waals surface area contributed by atoms with Crippen molar-refractivity contribution in [3.8, 4) is 5.75 Å². The topological polar surface area (TPSA) is 46.6 Å². The van der Waals surface area contributed by atoms with E-state index in [9.17, 15) is 8.42 Å². The van der Waals surface area contributed by atoms with Crippen molar-refractivity contribution < 1.29 is 13.2 Å². The smallest absolute Gasteiger partial charge is 0.159 e. The van der Waals surface area contributed by atoms with Crippen LogP contribution in [0.4, 0.5) is 0 Å². The first-order valence-corrected chi connectivity index (χ1v) is 9.89. The van der Waals surface area contributed by atoms with Crippen molar-refractivity contribution in [3.63, 3.8) is 0 Å². The summed E-state index contributed by atoms with van der Waals surface area (Å²) in [5.74, 6) is 0.861. The fourth-order valence-electron chi connectivity index (χ4n) is 3.38. The largest absolute Gasteiger partial charge is 0.492 e. The second kappa shape index (κ2) is 6.65. The molecule has 1 fully saturated rings. The molecular weight excluding hydrogens is 310 g/mol. The number of fused-ring (bicyclic) bond motifs is 2. The van der Waals surface area contributed by atoms with E-state index in [1.807, 2.05) is 44.4 Å². The molecule has 1 aromatic carbocycles. The van der Waals surface area contributed by atoms with E-state index in [0.717, 1.165) is 37.1 Å². The Morgan fingerprint density at radius 2 is 1.91 bits per heavy atom. The van der Waals surface area contributed by atoms with E-state index in [1.165, 1.54) is 5.57 Å². The van der Waals surface area contributed by atoms with Crippen molar-refractivity contribution in [2.45, 2.75) is 36.2 Å². The van der Waals surface area contributed by atoms with Gasteiger partial charge in [0.05, 0.1) is 10.5 Å². The Kier molecular flexibility index (Phi) is 4.78. The summed E-state index contributed by atoms with van der Waals surface area (Å²) in [6.45, 7) is 1.55. The zero-order valence-electron chi connectivity index (χ0n) is 13.9. The minimum Gasteiger partial charge on any atom is -0.492 e. The molecule has 0 radical (unpaired) electrons. The summed E-state index contributed by atoms with van der Waals surface area (Å²) < 4.78 is 30.4. The van der Waals surface area contributed by atoms with Gasteiger partial charge in [-0.15, -0.1) is 0 Å². The van der Waals surface area contributed by atoms with Crippen LogP contribution in [0.5, 0.6) is 5.75 Å². The summed E-state index contributed by atoms with van der Waals surface area (Å²) in [4.78, 5) is 2.08. The molecule has 2 heterocycles. The van der Waals surface area contributed by atoms with Crippen LogP contribution < -0.4 is 4.74 Å². The lowest BCUT2D eigenvalue weighted by Gasteiger charge is -2.33. The number of nitrogens with zero attached hydrogens (tertiary/aromatic N) is 1. The fourth-order valence-corrected chi connectivity index (χ4v) is 5.63. The molecule has 0 aromatic heterocycles. The molecule has 4 nitrogen and oxygen atoms in total. The Morgan fingerprint density at radius 3 is 2.57 bits per heavy atom. The Hall–Kier alpha value is -1.33. The van der Waals surface area contributed by atoms with Crippen molar-refractivity contribution >= 4 is 15.4 Å². The quantitative estimate of drug-likeness (QED) is 0.830. The van der Waals surface area contributed by atoms with Gasteiger partial charge in [0.25, 0.3) is 0 Å². The highest BCUT2D eigenvalue weighted by Gasteiger charge is 2.40. The molecule has 0 saturated carbocycles. The van der Waals surface area contributed by atoms with Crippen LogP contribution in [-0.2, 0) is 9.84 Å². The summed E-state index contributed by atoms with van der Waals surface area (Å²) >= 11 is 0. The second-order valence-electron chi connectivity index (χ2n) is 6.75. The zero-order valence-corrected chi connectivity index (χ0v) is 14.7. The maximum Gasteiger partial charge on any atom is 0.159 e. The van der Waals surface area contributed by atoms with Gasteiger partial charge in [0.15, 0.2) is 9.84 Å². The molecule has 5 heteroatoms. The predicted octanol–water partition coefficient (Wildman–Crippen LogP) is 2.75. The van der Waals surface area contributed by atoms with Crippen LogP contribution in [0.1, 0.15) is 31.2 Å². The highest BCUT2D eigenvalue weighted by molar-refractivity contribution is 7.93. The molecule has 2 aliphatic rings. The van der Waals surface area contributed by atoms with Crippen molar-refractivity contribution in [1.29, 1.82) is 0 Å². The number of hydrogen-bond acceptors (Lipinski definition) is 4. The molecule has 0 aliphatic carbocycles. The van der Waals surface area contributed by atoms with Gasteiger partial charge in [-0.2, -0.15) is 0 Å². The molecule has 126 valence electrons. The van der Waals surface area contributed by atoms with Gasteiger partial charge in [-0.1, -0.05) is 24.6 Å². The Balaban J connectivity index is 1.72. The van der Waals surface area contributed by atoms with Crippen molar-refractivity contribution in [2.24, 2.45) is 0 Å². The first-order valence-electron chi connectivity index (χ1n) is 8.28. The van der Waals surface area contributed by atoms with Gasteiger partial charge in [-0.25, -0.2) is 8.42 Å². The third-order valence-corrected chi connectivity index (χ3v) is 7.32. The van der Waals surface area contributed by atoms with E-state index in [0.29, 0.717) is 13.0 Å². The Morgan fingerprint density at radius 1 is 1.17 bits per heavy atom. The molecule has 3 rings (SSSR count). The SMILES string of the molecule is CN(C)CCOc1ccc(C2=CC3CCCC(C2)S3(=O)=O)cc1. The van der Waals surface area contributed by atoms with E-state index in [2.05, 4.69) is 4.90 Å². The summed E-state index contributed by atoms with van der Waals surface area (Å²) in [5.41, 5.74) is 2.30. The van der Waals surface area contributed by atoms with Gasteiger partial charge in [-0.05, 0) is 56.6 Å². The maximum atomic E-state index is 12.3. The zero-order chi connectivity index (χ0) is 16.4. The average molecular weight is 335 g/mol. The van der Waals surface area contributed by atoms with E-state index in [4.69, 9.17) is 4.74 Å². The maximum absolute atomic E-state index is 12.3. The molecule has 0 N–H and O–H groups in total. The van der Waals surface area contributed by atoms with Crippen molar-refractivity contribution in [3.05, 3.63) is 35.9 Å². The second-order valence-corrected chi connectivity index (χ2v) is 9.20. The van der Waals surface area contributed by atoms with Gasteiger partial charge < -0.3 is 9.64 Å². The van der Waals surface area contributed by atoms with Gasteiger partial charge in [-0.3, -0.25) is 0 Å². The third kappa shape index (κ3) is 3.61. The number of rotatable bonds is 5. The summed E-state index contributed by atoms with van der Waals surface area (Å²) in [5, 5.41) is -0.460. The number of ether oxygens (including phenoxy) is 1. The van der Waals surface area contributed by atoms with Crippen LogP contribution >= 0.6 is 0 Å². The minimum absolute atomic E-state index is 0.183. The average Bonchev–Trinajstić information content (AvgIpc) is 2.46. The lowest BCUT2D eigenvalue weighted by Crippen LogP contribution is -2.38. The summed E-state index contributed by atoms with van der Waals surface area (Å²) in [6, 6.07) is 8.05. The number of benzene rings is 1. The standard InChI is InChI=1S/C18H25NO3S/c1-19(2)10-11-22-16-8-6-14(7-9-16)15-12-17-4-3-5-18(13-15)23(17,20)21/h6-9,12,17-18H,3-5,10-11,13H2,1-2H3. The molecule has 2 bridgehead atoms. The first-order chi connectivity index (χ1) is 11.0.